The Morgan fingerprint density at radius 2 is 1.75 bits per heavy atom. The Balaban J connectivity index is 0. The van der Waals surface area contributed by atoms with Crippen LogP contribution in [-0.4, -0.2) is 23.4 Å². The average molecular weight is 196 g/mol. The van der Waals surface area contributed by atoms with Crippen molar-refractivity contribution in [3.05, 3.63) is 0 Å². The standard InChI is InChI=1S/C7H13NO3.ClH/c8-5-1-2-6(9)3-4-7(10)11;/h1-5,8H2,(H,10,11);1H. The summed E-state index contributed by atoms with van der Waals surface area (Å²) in [6.07, 6.45) is 1.13. The first-order valence-corrected chi connectivity index (χ1v) is 3.60. The van der Waals surface area contributed by atoms with E-state index < -0.39 is 5.97 Å². The number of carbonyl (C=O) groups is 2. The number of hydrogen-bond acceptors (Lipinski definition) is 3. The Kier molecular flexibility index (Phi) is 9.86. The summed E-state index contributed by atoms with van der Waals surface area (Å²) in [4.78, 5) is 20.8. The largest absolute Gasteiger partial charge is 0.481 e. The highest BCUT2D eigenvalue weighted by Gasteiger charge is 2.03. The van der Waals surface area contributed by atoms with Crippen LogP contribution in [0.1, 0.15) is 25.7 Å². The minimum atomic E-state index is -0.925. The molecule has 0 atom stereocenters. The number of carboxylic acids is 1. The van der Waals surface area contributed by atoms with Gasteiger partial charge in [-0.1, -0.05) is 0 Å². The molecule has 0 bridgehead atoms. The van der Waals surface area contributed by atoms with Gasteiger partial charge in [-0.25, -0.2) is 0 Å². The molecule has 0 fully saturated rings. The van der Waals surface area contributed by atoms with Crippen molar-refractivity contribution in [2.24, 2.45) is 5.73 Å². The Morgan fingerprint density at radius 1 is 1.17 bits per heavy atom. The summed E-state index contributed by atoms with van der Waals surface area (Å²) in [5.74, 6) is -0.941. The molecule has 0 heterocycles. The summed E-state index contributed by atoms with van der Waals surface area (Å²) < 4.78 is 0. The van der Waals surface area contributed by atoms with Gasteiger partial charge >= 0.3 is 5.97 Å². The zero-order valence-electron chi connectivity index (χ0n) is 6.78. The quantitative estimate of drug-likeness (QED) is 0.650. The maximum Gasteiger partial charge on any atom is 0.303 e. The van der Waals surface area contributed by atoms with Crippen LogP contribution in [0.15, 0.2) is 0 Å². The minimum absolute atomic E-state index is 0. The zero-order valence-corrected chi connectivity index (χ0v) is 7.60. The van der Waals surface area contributed by atoms with Gasteiger partial charge in [-0.3, -0.25) is 9.59 Å². The number of Topliss-reactive ketones (excluding diaryl/α,β-unsaturated/α-hetero) is 1. The van der Waals surface area contributed by atoms with Crippen molar-refractivity contribution in [3.8, 4) is 0 Å². The molecular weight excluding hydrogens is 182 g/mol. The minimum Gasteiger partial charge on any atom is -0.481 e. The number of rotatable bonds is 6. The van der Waals surface area contributed by atoms with Gasteiger partial charge in [0, 0.05) is 12.8 Å². The van der Waals surface area contributed by atoms with Crippen LogP contribution >= 0.6 is 12.4 Å². The van der Waals surface area contributed by atoms with Gasteiger partial charge in [0.15, 0.2) is 0 Å². The van der Waals surface area contributed by atoms with Crippen molar-refractivity contribution in [3.63, 3.8) is 0 Å². The molecule has 0 aliphatic carbocycles. The molecule has 0 aromatic carbocycles. The molecule has 0 aromatic rings. The fourth-order valence-corrected chi connectivity index (χ4v) is 0.671. The van der Waals surface area contributed by atoms with Gasteiger partial charge in [-0.2, -0.15) is 0 Å². The Hall–Kier alpha value is -0.610. The summed E-state index contributed by atoms with van der Waals surface area (Å²) in [7, 11) is 0. The number of aliphatic carboxylic acids is 1. The second-order valence-corrected chi connectivity index (χ2v) is 2.32. The first kappa shape index (κ1) is 13.9. The van der Waals surface area contributed by atoms with E-state index in [0.717, 1.165) is 0 Å². The molecule has 5 heteroatoms. The topological polar surface area (TPSA) is 80.4 Å². The summed E-state index contributed by atoms with van der Waals surface area (Å²) >= 11 is 0. The maximum atomic E-state index is 10.8. The maximum absolute atomic E-state index is 10.8. The predicted molar refractivity (Wildman–Crippen MR) is 47.4 cm³/mol. The molecule has 4 nitrogen and oxygen atoms in total. The third-order valence-corrected chi connectivity index (χ3v) is 1.28. The van der Waals surface area contributed by atoms with Crippen LogP contribution in [0.5, 0.6) is 0 Å². The van der Waals surface area contributed by atoms with Crippen LogP contribution in [0.2, 0.25) is 0 Å². The molecule has 0 amide bonds. The Morgan fingerprint density at radius 3 is 2.17 bits per heavy atom. The van der Waals surface area contributed by atoms with Crippen LogP contribution in [0, 0.1) is 0 Å². The zero-order chi connectivity index (χ0) is 8.69. The average Bonchev–Trinajstić information content (AvgIpc) is 1.97. The van der Waals surface area contributed by atoms with E-state index >= 15 is 0 Å². The van der Waals surface area contributed by atoms with Crippen LogP contribution < -0.4 is 5.73 Å². The number of halogens is 1. The molecule has 0 radical (unpaired) electrons. The molecule has 0 saturated heterocycles. The Bertz CT molecular complexity index is 150. The van der Waals surface area contributed by atoms with E-state index in [4.69, 9.17) is 10.8 Å². The lowest BCUT2D eigenvalue weighted by Gasteiger charge is -1.95. The summed E-state index contributed by atoms with van der Waals surface area (Å²) in [5.41, 5.74) is 5.16. The summed E-state index contributed by atoms with van der Waals surface area (Å²) in [5, 5.41) is 8.21. The van der Waals surface area contributed by atoms with Crippen molar-refractivity contribution >= 4 is 24.2 Å². The predicted octanol–water partition coefficient (Wildman–Crippen LogP) is 0.581. The van der Waals surface area contributed by atoms with Crippen molar-refractivity contribution in [1.29, 1.82) is 0 Å². The van der Waals surface area contributed by atoms with E-state index in [2.05, 4.69) is 0 Å². The highest BCUT2D eigenvalue weighted by atomic mass is 35.5. The second-order valence-electron chi connectivity index (χ2n) is 2.32. The third-order valence-electron chi connectivity index (χ3n) is 1.28. The highest BCUT2D eigenvalue weighted by molar-refractivity contribution is 5.85. The SMILES string of the molecule is Cl.NCCCC(=O)CCC(=O)O. The van der Waals surface area contributed by atoms with Crippen LogP contribution in [0.25, 0.3) is 0 Å². The van der Waals surface area contributed by atoms with E-state index in [9.17, 15) is 9.59 Å². The van der Waals surface area contributed by atoms with Gasteiger partial charge in [-0.05, 0) is 13.0 Å². The summed E-state index contributed by atoms with van der Waals surface area (Å²) in [6.45, 7) is 0.485. The van der Waals surface area contributed by atoms with Gasteiger partial charge in [-0.15, -0.1) is 12.4 Å². The van der Waals surface area contributed by atoms with E-state index in [-0.39, 0.29) is 31.0 Å². The Labute approximate surface area is 77.5 Å². The van der Waals surface area contributed by atoms with Crippen LogP contribution in [0.4, 0.5) is 0 Å². The van der Waals surface area contributed by atoms with Crippen molar-refractivity contribution in [2.45, 2.75) is 25.7 Å². The molecule has 3 N–H and O–H groups in total. The van der Waals surface area contributed by atoms with Gasteiger partial charge in [0.25, 0.3) is 0 Å². The molecule has 0 aromatic heterocycles. The van der Waals surface area contributed by atoms with Crippen LogP contribution in [-0.2, 0) is 9.59 Å². The first-order chi connectivity index (χ1) is 5.16. The monoisotopic (exact) mass is 195 g/mol. The van der Waals surface area contributed by atoms with Crippen molar-refractivity contribution in [1.82, 2.24) is 0 Å². The summed E-state index contributed by atoms with van der Waals surface area (Å²) in [6, 6.07) is 0. The molecule has 0 aliphatic heterocycles. The molecule has 72 valence electrons. The normalized spacial score (nSPS) is 8.75. The molecular formula is C7H14ClNO3. The van der Waals surface area contributed by atoms with Crippen molar-refractivity contribution in [2.75, 3.05) is 6.54 Å². The van der Waals surface area contributed by atoms with E-state index in [0.29, 0.717) is 19.4 Å². The molecule has 0 unspecified atom stereocenters. The first-order valence-electron chi connectivity index (χ1n) is 3.60. The lowest BCUT2D eigenvalue weighted by molar-refractivity contribution is -0.138. The third kappa shape index (κ3) is 9.39. The van der Waals surface area contributed by atoms with Gasteiger partial charge in [0.05, 0.1) is 6.42 Å². The molecule has 0 aliphatic rings. The fourth-order valence-electron chi connectivity index (χ4n) is 0.671. The highest BCUT2D eigenvalue weighted by Crippen LogP contribution is 1.97. The number of ketones is 1. The lowest BCUT2D eigenvalue weighted by Crippen LogP contribution is -2.06. The molecule has 0 spiro atoms. The smallest absolute Gasteiger partial charge is 0.303 e. The number of nitrogens with two attached hydrogens (primary N) is 1. The molecule has 0 saturated carbocycles. The van der Waals surface area contributed by atoms with Crippen molar-refractivity contribution < 1.29 is 14.7 Å². The lowest BCUT2D eigenvalue weighted by atomic mass is 10.1. The van der Waals surface area contributed by atoms with E-state index in [1.165, 1.54) is 0 Å². The number of hydrogen-bond donors (Lipinski definition) is 2. The molecule has 12 heavy (non-hydrogen) atoms. The fraction of sp³-hybridized carbons (Fsp3) is 0.714. The van der Waals surface area contributed by atoms with Gasteiger partial charge in [0.1, 0.15) is 5.78 Å². The van der Waals surface area contributed by atoms with E-state index in [1.807, 2.05) is 0 Å². The van der Waals surface area contributed by atoms with E-state index in [1.54, 1.807) is 0 Å². The van der Waals surface area contributed by atoms with Crippen LogP contribution in [0.3, 0.4) is 0 Å². The number of carbonyl (C=O) groups excluding carboxylic acids is 1. The van der Waals surface area contributed by atoms with Gasteiger partial charge < -0.3 is 10.8 Å². The molecule has 0 rings (SSSR count). The second kappa shape index (κ2) is 8.49. The number of carboxylic acid groups (broad SMARTS) is 1. The van der Waals surface area contributed by atoms with Gasteiger partial charge in [0.2, 0.25) is 0 Å².